The van der Waals surface area contributed by atoms with E-state index >= 15 is 0 Å². The fraction of sp³-hybridized carbons (Fsp3) is 0. The van der Waals surface area contributed by atoms with Crippen LogP contribution in [0.3, 0.4) is 0 Å². The summed E-state index contributed by atoms with van der Waals surface area (Å²) >= 11 is 1.06. The molecule has 0 bridgehead atoms. The van der Waals surface area contributed by atoms with Crippen LogP contribution in [0.25, 0.3) is 42.4 Å². The van der Waals surface area contributed by atoms with E-state index in [9.17, 15) is 17.6 Å². The molecule has 0 saturated heterocycles. The number of nitrogens with zero attached hydrogens (tertiary/aromatic N) is 6. The SMILES string of the molecule is N#CC(C#N)=c1nc2c(F)c(F)c3c4sc(=C(C#N)C#N)nc4c(F)c(F)c3c2s1. The summed E-state index contributed by atoms with van der Waals surface area (Å²) in [5, 5.41) is 34.6. The minimum absolute atomic E-state index is 0.282. The Balaban J connectivity index is 2.39. The van der Waals surface area contributed by atoms with Gasteiger partial charge in [-0.2, -0.15) is 21.0 Å². The second-order valence-corrected chi connectivity index (χ2v) is 7.59. The van der Waals surface area contributed by atoms with E-state index in [-0.39, 0.29) is 18.7 Å². The molecule has 0 unspecified atom stereocenters. The first-order chi connectivity index (χ1) is 14.4. The summed E-state index contributed by atoms with van der Waals surface area (Å²) in [5.41, 5.74) is -2.33. The maximum Gasteiger partial charge on any atom is 0.186 e. The molecule has 0 saturated carbocycles. The van der Waals surface area contributed by atoms with E-state index in [1.165, 1.54) is 0 Å². The van der Waals surface area contributed by atoms with Crippen molar-refractivity contribution in [3.05, 3.63) is 32.6 Å². The Morgan fingerprint density at radius 3 is 1.23 bits per heavy atom. The van der Waals surface area contributed by atoms with Gasteiger partial charge < -0.3 is 0 Å². The topological polar surface area (TPSA) is 121 Å². The number of rotatable bonds is 0. The Bertz CT molecular complexity index is 1580. The van der Waals surface area contributed by atoms with Crippen LogP contribution in [0.2, 0.25) is 0 Å². The summed E-state index contributed by atoms with van der Waals surface area (Å²) in [5.74, 6) is -6.05. The molecule has 0 radical (unpaired) electrons. The zero-order valence-corrected chi connectivity index (χ0v) is 15.6. The average Bonchev–Trinajstić information content (AvgIpc) is 3.36. The predicted molar refractivity (Wildman–Crippen MR) is 98.7 cm³/mol. The minimum Gasteiger partial charge on any atom is -0.231 e. The number of benzene rings is 2. The van der Waals surface area contributed by atoms with Gasteiger partial charge in [0.1, 0.15) is 44.6 Å². The molecule has 0 aliphatic rings. The normalized spacial score (nSPS) is 10.5. The number of thiazole rings is 2. The van der Waals surface area contributed by atoms with Gasteiger partial charge in [0.25, 0.3) is 0 Å². The third-order valence-electron chi connectivity index (χ3n) is 4.07. The zero-order valence-electron chi connectivity index (χ0n) is 14.0. The molecule has 2 aromatic carbocycles. The lowest BCUT2D eigenvalue weighted by Gasteiger charge is -2.06. The van der Waals surface area contributed by atoms with E-state index in [0.29, 0.717) is 22.7 Å². The molecule has 6 nitrogen and oxygen atoms in total. The van der Waals surface area contributed by atoms with Crippen LogP contribution < -0.4 is 9.33 Å². The lowest BCUT2D eigenvalue weighted by atomic mass is 10.1. The molecule has 4 rings (SSSR count). The molecule has 2 aromatic heterocycles. The fourth-order valence-electron chi connectivity index (χ4n) is 2.81. The fourth-order valence-corrected chi connectivity index (χ4v) is 4.90. The van der Waals surface area contributed by atoms with Gasteiger partial charge in [-0.3, -0.25) is 0 Å². The highest BCUT2D eigenvalue weighted by molar-refractivity contribution is 7.19. The summed E-state index contributed by atoms with van der Waals surface area (Å²) in [6, 6.07) is 6.17. The molecule has 30 heavy (non-hydrogen) atoms. The predicted octanol–water partition coefficient (Wildman–Crippen LogP) is 3.01. The molecular weight excluding hydrogens is 440 g/mol. The molecule has 12 heteroatoms. The average molecular weight is 440 g/mol. The van der Waals surface area contributed by atoms with Gasteiger partial charge in [0.05, 0.1) is 9.40 Å². The molecule has 0 N–H and O–H groups in total. The van der Waals surface area contributed by atoms with Crippen LogP contribution in [0, 0.1) is 68.6 Å². The van der Waals surface area contributed by atoms with Gasteiger partial charge in [0, 0.05) is 10.8 Å². The van der Waals surface area contributed by atoms with Gasteiger partial charge in [-0.15, -0.1) is 22.7 Å². The monoisotopic (exact) mass is 440 g/mol. The van der Waals surface area contributed by atoms with E-state index in [4.69, 9.17) is 21.0 Å². The first-order valence-electron chi connectivity index (χ1n) is 7.61. The van der Waals surface area contributed by atoms with Crippen molar-refractivity contribution in [2.45, 2.75) is 0 Å². The van der Waals surface area contributed by atoms with Crippen molar-refractivity contribution in [1.82, 2.24) is 9.97 Å². The number of hydrogen-bond donors (Lipinski definition) is 0. The van der Waals surface area contributed by atoms with Crippen molar-refractivity contribution >= 4 is 65.0 Å². The van der Waals surface area contributed by atoms with E-state index < -0.39 is 56.2 Å². The molecule has 0 aliphatic heterocycles. The minimum atomic E-state index is -1.54. The van der Waals surface area contributed by atoms with Gasteiger partial charge >= 0.3 is 0 Å². The van der Waals surface area contributed by atoms with Gasteiger partial charge in [0.15, 0.2) is 34.4 Å². The highest BCUT2D eigenvalue weighted by Crippen LogP contribution is 2.39. The molecule has 0 spiro atoms. The number of nitriles is 4. The molecule has 2 heterocycles. The number of hydrogen-bond acceptors (Lipinski definition) is 8. The zero-order chi connectivity index (χ0) is 21.7. The highest BCUT2D eigenvalue weighted by atomic mass is 32.1. The molecule has 0 amide bonds. The standard InChI is InChI=1S/C18F4N6S2/c19-9-7-8(16-14(12(9)22)28-18(30-16)6(3-25)4-26)10(20)11(21)13-15(7)29-17(27-13)5(1-23)2-24. The van der Waals surface area contributed by atoms with Crippen LogP contribution in [0.4, 0.5) is 17.6 Å². The maximum atomic E-state index is 14.9. The first kappa shape index (κ1) is 19.2. The smallest absolute Gasteiger partial charge is 0.186 e. The molecule has 0 atom stereocenters. The van der Waals surface area contributed by atoms with Crippen LogP contribution >= 0.6 is 22.7 Å². The number of fused-ring (bicyclic) bond motifs is 5. The van der Waals surface area contributed by atoms with Gasteiger partial charge in [0.2, 0.25) is 0 Å². The third kappa shape index (κ3) is 2.42. The van der Waals surface area contributed by atoms with Crippen molar-refractivity contribution in [3.63, 3.8) is 0 Å². The summed E-state index contributed by atoms with van der Waals surface area (Å²) in [7, 11) is 0. The van der Waals surface area contributed by atoms with Crippen molar-refractivity contribution in [2.24, 2.45) is 0 Å². The largest absolute Gasteiger partial charge is 0.231 e. The summed E-state index contributed by atoms with van der Waals surface area (Å²) < 4.78 is 58.1. The van der Waals surface area contributed by atoms with Crippen LogP contribution in [0.5, 0.6) is 0 Å². The molecule has 0 fully saturated rings. The number of aromatic nitrogens is 2. The van der Waals surface area contributed by atoms with E-state index in [1.54, 1.807) is 24.3 Å². The number of halogens is 4. The van der Waals surface area contributed by atoms with E-state index in [0.717, 1.165) is 0 Å². The van der Waals surface area contributed by atoms with Crippen LogP contribution in [0.15, 0.2) is 0 Å². The van der Waals surface area contributed by atoms with Gasteiger partial charge in [-0.25, -0.2) is 27.5 Å². The van der Waals surface area contributed by atoms with Crippen molar-refractivity contribution in [1.29, 1.82) is 21.0 Å². The second-order valence-electron chi connectivity index (χ2n) is 5.60. The van der Waals surface area contributed by atoms with Gasteiger partial charge in [-0.05, 0) is 0 Å². The maximum absolute atomic E-state index is 14.9. The highest BCUT2D eigenvalue weighted by Gasteiger charge is 2.27. The Hall–Kier alpha value is -4.10. The Morgan fingerprint density at radius 2 is 0.933 bits per heavy atom. The van der Waals surface area contributed by atoms with Gasteiger partial charge in [-0.1, -0.05) is 0 Å². The van der Waals surface area contributed by atoms with Crippen LogP contribution in [0.1, 0.15) is 0 Å². The second kappa shape index (κ2) is 6.75. The van der Waals surface area contributed by atoms with Crippen molar-refractivity contribution in [3.8, 4) is 24.3 Å². The summed E-state index contributed by atoms with van der Waals surface area (Å²) in [6.45, 7) is 0. The van der Waals surface area contributed by atoms with E-state index in [2.05, 4.69) is 9.97 Å². The van der Waals surface area contributed by atoms with Crippen molar-refractivity contribution < 1.29 is 17.6 Å². The van der Waals surface area contributed by atoms with E-state index in [1.807, 2.05) is 0 Å². The molecule has 4 aromatic rings. The third-order valence-corrected chi connectivity index (χ3v) is 6.25. The quantitative estimate of drug-likeness (QED) is 0.388. The summed E-state index contributed by atoms with van der Waals surface area (Å²) in [4.78, 5) is 7.41. The first-order valence-corrected chi connectivity index (χ1v) is 9.24. The Morgan fingerprint density at radius 1 is 0.600 bits per heavy atom. The Labute approximate surface area is 170 Å². The molecular formula is C18F4N6S2. The van der Waals surface area contributed by atoms with Crippen LogP contribution in [-0.2, 0) is 0 Å². The Kier molecular flexibility index (Phi) is 4.33. The van der Waals surface area contributed by atoms with Crippen molar-refractivity contribution in [2.75, 3.05) is 0 Å². The molecule has 0 aliphatic carbocycles. The summed E-state index contributed by atoms with van der Waals surface area (Å²) in [6.07, 6.45) is 0. The lowest BCUT2D eigenvalue weighted by molar-refractivity contribution is 0.516. The van der Waals surface area contributed by atoms with Crippen LogP contribution in [-0.4, -0.2) is 9.97 Å². The molecule has 142 valence electrons. The lowest BCUT2D eigenvalue weighted by Crippen LogP contribution is -2.02.